The van der Waals surface area contributed by atoms with E-state index < -0.39 is 0 Å². The highest BCUT2D eigenvalue weighted by Crippen LogP contribution is 2.37. The predicted octanol–water partition coefficient (Wildman–Crippen LogP) is 4.48. The van der Waals surface area contributed by atoms with Gasteiger partial charge < -0.3 is 5.32 Å². The minimum absolute atomic E-state index is 0.0218. The number of hydrogen-bond acceptors (Lipinski definition) is 4. The smallest absolute Gasteiger partial charge is 0.257 e. The van der Waals surface area contributed by atoms with E-state index in [4.69, 9.17) is 0 Å². The highest BCUT2D eigenvalue weighted by Gasteiger charge is 2.30. The van der Waals surface area contributed by atoms with Gasteiger partial charge in [-0.2, -0.15) is 0 Å². The molecule has 2 aromatic carbocycles. The maximum Gasteiger partial charge on any atom is 0.257 e. The van der Waals surface area contributed by atoms with Crippen molar-refractivity contribution in [3.63, 3.8) is 0 Å². The third-order valence-electron chi connectivity index (χ3n) is 5.36. The van der Waals surface area contributed by atoms with Crippen molar-refractivity contribution in [3.8, 4) is 0 Å². The maximum absolute atomic E-state index is 12.8. The fourth-order valence-corrected chi connectivity index (χ4v) is 4.76. The average Bonchev–Trinajstić information content (AvgIpc) is 3.17. The number of carbonyl (C=O) groups is 2. The van der Waals surface area contributed by atoms with Crippen LogP contribution in [0.4, 0.5) is 5.13 Å². The zero-order valence-electron chi connectivity index (χ0n) is 17.0. The monoisotopic (exact) mass is 419 g/mol. The lowest BCUT2D eigenvalue weighted by Crippen LogP contribution is -2.32. The molecule has 5 nitrogen and oxygen atoms in total. The number of carbonyl (C=O) groups excluding carboxylic acids is 2. The van der Waals surface area contributed by atoms with Gasteiger partial charge in [-0.3, -0.25) is 14.9 Å². The minimum Gasteiger partial charge on any atom is -0.355 e. The van der Waals surface area contributed by atoms with Crippen molar-refractivity contribution in [1.29, 1.82) is 0 Å². The number of aromatic nitrogens is 1. The van der Waals surface area contributed by atoms with E-state index in [9.17, 15) is 9.59 Å². The molecule has 1 unspecified atom stereocenters. The molecule has 0 saturated heterocycles. The van der Waals surface area contributed by atoms with Gasteiger partial charge in [0, 0.05) is 17.0 Å². The molecule has 2 amide bonds. The number of thiazole rings is 1. The summed E-state index contributed by atoms with van der Waals surface area (Å²) in [7, 11) is 0. The summed E-state index contributed by atoms with van der Waals surface area (Å²) >= 11 is 1.48. The Balaban J connectivity index is 1.40. The molecule has 3 aromatic rings. The van der Waals surface area contributed by atoms with Gasteiger partial charge in [-0.15, -0.1) is 11.3 Å². The highest BCUT2D eigenvalue weighted by molar-refractivity contribution is 7.16. The SMILES string of the molecule is Cc1ccc(C(=O)Nc2nc3c(s2)CCCC3C(=O)NCCc2ccccc2)cc1. The third-order valence-corrected chi connectivity index (χ3v) is 6.41. The Morgan fingerprint density at radius 3 is 2.63 bits per heavy atom. The van der Waals surface area contributed by atoms with Crippen molar-refractivity contribution in [2.75, 3.05) is 11.9 Å². The lowest BCUT2D eigenvalue weighted by molar-refractivity contribution is -0.122. The Morgan fingerprint density at radius 1 is 1.10 bits per heavy atom. The van der Waals surface area contributed by atoms with E-state index in [2.05, 4.69) is 27.8 Å². The van der Waals surface area contributed by atoms with Crippen LogP contribution in [-0.4, -0.2) is 23.3 Å². The maximum atomic E-state index is 12.8. The number of benzene rings is 2. The van der Waals surface area contributed by atoms with Gasteiger partial charge in [0.05, 0.1) is 11.6 Å². The molecule has 0 aliphatic heterocycles. The summed E-state index contributed by atoms with van der Waals surface area (Å²) in [5.41, 5.74) is 3.74. The zero-order valence-corrected chi connectivity index (χ0v) is 17.8. The van der Waals surface area contributed by atoms with Gasteiger partial charge in [0.25, 0.3) is 5.91 Å². The van der Waals surface area contributed by atoms with E-state index in [1.165, 1.54) is 16.9 Å². The molecule has 4 rings (SSSR count). The van der Waals surface area contributed by atoms with Crippen LogP contribution in [0.3, 0.4) is 0 Å². The summed E-state index contributed by atoms with van der Waals surface area (Å²) in [4.78, 5) is 31.0. The first kappa shape index (κ1) is 20.3. The number of hydrogen-bond donors (Lipinski definition) is 2. The molecular formula is C24H25N3O2S. The summed E-state index contributed by atoms with van der Waals surface area (Å²) in [6, 6.07) is 17.6. The van der Waals surface area contributed by atoms with Gasteiger partial charge in [-0.1, -0.05) is 48.0 Å². The van der Waals surface area contributed by atoms with Crippen molar-refractivity contribution >= 4 is 28.3 Å². The van der Waals surface area contributed by atoms with E-state index in [0.29, 0.717) is 17.2 Å². The van der Waals surface area contributed by atoms with Crippen LogP contribution in [-0.2, 0) is 17.6 Å². The number of nitrogens with one attached hydrogen (secondary N) is 2. The second-order valence-corrected chi connectivity index (χ2v) is 8.70. The van der Waals surface area contributed by atoms with Gasteiger partial charge in [-0.05, 0) is 50.3 Å². The quantitative estimate of drug-likeness (QED) is 0.619. The normalized spacial score (nSPS) is 15.3. The fourth-order valence-electron chi connectivity index (χ4n) is 3.70. The van der Waals surface area contributed by atoms with Crippen LogP contribution in [0, 0.1) is 6.92 Å². The largest absolute Gasteiger partial charge is 0.355 e. The first-order valence-electron chi connectivity index (χ1n) is 10.3. The second-order valence-electron chi connectivity index (χ2n) is 7.62. The number of anilines is 1. The third kappa shape index (κ3) is 4.76. The Morgan fingerprint density at radius 2 is 1.87 bits per heavy atom. The molecule has 1 heterocycles. The molecule has 154 valence electrons. The zero-order chi connectivity index (χ0) is 20.9. The average molecular weight is 420 g/mol. The standard InChI is InChI=1S/C24H25N3O2S/c1-16-10-12-18(13-11-16)22(28)27-24-26-21-19(8-5-9-20(21)30-24)23(29)25-15-14-17-6-3-2-4-7-17/h2-4,6-7,10-13,19H,5,8-9,14-15H2,1H3,(H,25,29)(H,26,27,28). The second kappa shape index (κ2) is 9.22. The lowest BCUT2D eigenvalue weighted by atomic mass is 9.90. The van der Waals surface area contributed by atoms with E-state index >= 15 is 0 Å². The molecular weight excluding hydrogens is 394 g/mol. The fraction of sp³-hybridized carbons (Fsp3) is 0.292. The molecule has 1 aliphatic rings. The molecule has 6 heteroatoms. The Labute approximate surface area is 180 Å². The van der Waals surface area contributed by atoms with E-state index in [1.54, 1.807) is 12.1 Å². The molecule has 1 aromatic heterocycles. The van der Waals surface area contributed by atoms with Gasteiger partial charge in [0.2, 0.25) is 5.91 Å². The molecule has 2 N–H and O–H groups in total. The molecule has 0 radical (unpaired) electrons. The highest BCUT2D eigenvalue weighted by atomic mass is 32.1. The van der Waals surface area contributed by atoms with E-state index in [1.807, 2.05) is 37.3 Å². The van der Waals surface area contributed by atoms with E-state index in [0.717, 1.165) is 41.8 Å². The van der Waals surface area contributed by atoms with Crippen molar-refractivity contribution in [2.24, 2.45) is 0 Å². The first-order chi connectivity index (χ1) is 14.6. The summed E-state index contributed by atoms with van der Waals surface area (Å²) in [5.74, 6) is -0.399. The van der Waals surface area contributed by atoms with Crippen LogP contribution < -0.4 is 10.6 Å². The number of aryl methyl sites for hydroxylation is 2. The molecule has 0 fully saturated rings. The van der Waals surface area contributed by atoms with Gasteiger partial charge in [0.15, 0.2) is 5.13 Å². The number of amides is 2. The first-order valence-corrected chi connectivity index (χ1v) is 11.1. The summed E-state index contributed by atoms with van der Waals surface area (Å²) in [5, 5.41) is 6.52. The van der Waals surface area contributed by atoms with Crippen molar-refractivity contribution in [2.45, 2.75) is 38.5 Å². The van der Waals surface area contributed by atoms with Crippen molar-refractivity contribution in [1.82, 2.24) is 10.3 Å². The number of nitrogens with zero attached hydrogens (tertiary/aromatic N) is 1. The van der Waals surface area contributed by atoms with Crippen LogP contribution in [0.15, 0.2) is 54.6 Å². The minimum atomic E-state index is -0.245. The number of rotatable bonds is 6. The topological polar surface area (TPSA) is 71.1 Å². The summed E-state index contributed by atoms with van der Waals surface area (Å²) < 4.78 is 0. The van der Waals surface area contributed by atoms with Gasteiger partial charge in [-0.25, -0.2) is 4.98 Å². The predicted molar refractivity (Wildman–Crippen MR) is 120 cm³/mol. The molecule has 0 saturated carbocycles. The molecule has 0 spiro atoms. The van der Waals surface area contributed by atoms with Crippen LogP contribution in [0.5, 0.6) is 0 Å². The van der Waals surface area contributed by atoms with Crippen LogP contribution in [0.1, 0.15) is 50.8 Å². The summed E-state index contributed by atoms with van der Waals surface area (Å²) in [6.45, 7) is 2.59. The van der Waals surface area contributed by atoms with Crippen LogP contribution in [0.2, 0.25) is 0 Å². The van der Waals surface area contributed by atoms with E-state index in [-0.39, 0.29) is 17.7 Å². The molecule has 0 bridgehead atoms. The van der Waals surface area contributed by atoms with Gasteiger partial charge >= 0.3 is 0 Å². The van der Waals surface area contributed by atoms with Crippen LogP contribution in [0.25, 0.3) is 0 Å². The molecule has 1 aliphatic carbocycles. The van der Waals surface area contributed by atoms with Crippen LogP contribution >= 0.6 is 11.3 Å². The molecule has 1 atom stereocenters. The van der Waals surface area contributed by atoms with Gasteiger partial charge in [0.1, 0.15) is 0 Å². The molecule has 30 heavy (non-hydrogen) atoms. The Hall–Kier alpha value is -2.99. The lowest BCUT2D eigenvalue weighted by Gasteiger charge is -2.20. The Bertz CT molecular complexity index is 1030. The Kier molecular flexibility index (Phi) is 6.23. The number of fused-ring (bicyclic) bond motifs is 1. The van der Waals surface area contributed by atoms with Crippen molar-refractivity contribution < 1.29 is 9.59 Å². The van der Waals surface area contributed by atoms with Crippen molar-refractivity contribution in [3.05, 3.63) is 81.9 Å². The summed E-state index contributed by atoms with van der Waals surface area (Å²) in [6.07, 6.45) is 3.46.